The maximum absolute atomic E-state index is 14.9. The molecule has 2 aromatic heterocycles. The van der Waals surface area contributed by atoms with Crippen molar-refractivity contribution in [2.75, 3.05) is 13.1 Å². The molecule has 15 heteroatoms. The number of fused-ring (bicyclic) bond motifs is 6. The van der Waals surface area contributed by atoms with Gasteiger partial charge < -0.3 is 46.8 Å². The number of hydrogen-bond acceptors (Lipinski definition) is 7. The van der Waals surface area contributed by atoms with Crippen molar-refractivity contribution >= 4 is 57.2 Å². The highest BCUT2D eigenvalue weighted by atomic mass is 16.2. The Morgan fingerprint density at radius 2 is 1.25 bits per heavy atom. The maximum Gasteiger partial charge on any atom is 0.247 e. The molecule has 7 atom stereocenters. The minimum Gasteiger partial charge on any atom is -0.361 e. The SMILES string of the molecule is NC[C@@H]1NC(=O)[C@H](Cc2c[nH]c3ccccc23)NC(=O)C2(CCCC2)NC(=O)[C@H](Cc2c[nH]c3ccccc23)NC(=O)[C@@H]2C[C@@H]3CCCC[C@@H]3N2C(=O)[C@H]2CCCN2C1=O. The lowest BCUT2D eigenvalue weighted by molar-refractivity contribution is -0.150. The van der Waals surface area contributed by atoms with Gasteiger partial charge in [0.15, 0.2) is 0 Å². The van der Waals surface area contributed by atoms with E-state index in [1.54, 1.807) is 11.1 Å². The van der Waals surface area contributed by atoms with Gasteiger partial charge in [0.2, 0.25) is 35.4 Å². The van der Waals surface area contributed by atoms with Crippen LogP contribution in [0.15, 0.2) is 60.9 Å². The number of carbonyl (C=O) groups is 6. The Morgan fingerprint density at radius 1 is 0.633 bits per heavy atom. The molecule has 9 rings (SSSR count). The van der Waals surface area contributed by atoms with Gasteiger partial charge in [-0.15, -0.1) is 0 Å². The standard InChI is InChI=1S/C45H55N9O6/c46-23-35-42(58)53-19-9-16-37(53)43(59)54-36-15-6-1-10-26(36)22-38(54)41(57)49-34(21-28-25-48-32-14-5-3-12-30(28)32)40(56)52-45(17-7-8-18-45)44(60)51-33(39(55)50-35)20-27-24-47-31-13-4-2-11-29(27)31/h2-5,11-14,24-26,33-38,47-48H,1,6-10,15-23,46H2,(H,49,57)(H,50,55)(H,51,60)(H,52,56)/t26-,33-,34-,35-,36-,37+,38-/m0/s1. The zero-order valence-electron chi connectivity index (χ0n) is 33.8. The van der Waals surface area contributed by atoms with E-state index in [1.807, 2.05) is 54.7 Å². The van der Waals surface area contributed by atoms with Crippen molar-refractivity contribution in [3.8, 4) is 0 Å². The van der Waals surface area contributed by atoms with Gasteiger partial charge in [0.05, 0.1) is 0 Å². The molecule has 0 bridgehead atoms. The number of carbonyl (C=O) groups excluding carboxylic acids is 6. The summed E-state index contributed by atoms with van der Waals surface area (Å²) in [5, 5.41) is 13.8. The van der Waals surface area contributed by atoms with Crippen LogP contribution in [0.25, 0.3) is 21.8 Å². The van der Waals surface area contributed by atoms with Gasteiger partial charge in [0.1, 0.15) is 35.7 Å². The molecule has 6 amide bonds. The van der Waals surface area contributed by atoms with Crippen molar-refractivity contribution in [1.29, 1.82) is 0 Å². The summed E-state index contributed by atoms with van der Waals surface area (Å²) >= 11 is 0. The fraction of sp³-hybridized carbons (Fsp3) is 0.511. The minimum absolute atomic E-state index is 0.0834. The number of aromatic nitrogens is 2. The van der Waals surface area contributed by atoms with E-state index in [4.69, 9.17) is 5.73 Å². The smallest absolute Gasteiger partial charge is 0.247 e. The molecule has 2 aromatic carbocycles. The Hall–Kier alpha value is -5.70. The molecule has 0 unspecified atom stereocenters. The van der Waals surface area contributed by atoms with Gasteiger partial charge in [-0.3, -0.25) is 28.8 Å². The molecule has 3 aliphatic heterocycles. The van der Waals surface area contributed by atoms with Crippen LogP contribution in [-0.2, 0) is 41.6 Å². The molecule has 316 valence electrons. The minimum atomic E-state index is -1.37. The van der Waals surface area contributed by atoms with E-state index in [2.05, 4.69) is 31.2 Å². The van der Waals surface area contributed by atoms with Crippen molar-refractivity contribution in [2.24, 2.45) is 11.7 Å². The second kappa shape index (κ2) is 16.4. The molecule has 5 heterocycles. The number of rotatable bonds is 5. The fourth-order valence-electron chi connectivity index (χ4n) is 10.9. The number of nitrogens with one attached hydrogen (secondary N) is 6. The van der Waals surface area contributed by atoms with E-state index >= 15 is 0 Å². The average molecular weight is 818 g/mol. The predicted molar refractivity (Wildman–Crippen MR) is 224 cm³/mol. The van der Waals surface area contributed by atoms with Crippen LogP contribution in [0.4, 0.5) is 0 Å². The van der Waals surface area contributed by atoms with Crippen LogP contribution in [0.3, 0.4) is 0 Å². The summed E-state index contributed by atoms with van der Waals surface area (Å²) in [6.07, 6.45) is 10.8. The number of hydrogen-bond donors (Lipinski definition) is 7. The number of H-pyrrole nitrogens is 2. The fourth-order valence-corrected chi connectivity index (χ4v) is 10.9. The van der Waals surface area contributed by atoms with Gasteiger partial charge >= 0.3 is 0 Å². The van der Waals surface area contributed by atoms with Crippen molar-refractivity contribution in [1.82, 2.24) is 41.0 Å². The first kappa shape index (κ1) is 39.7. The summed E-state index contributed by atoms with van der Waals surface area (Å²) in [6.45, 7) is 0.0677. The van der Waals surface area contributed by atoms with Gasteiger partial charge in [-0.25, -0.2) is 0 Å². The Labute approximate surface area is 348 Å². The lowest BCUT2D eigenvalue weighted by Gasteiger charge is -2.38. The number of aromatic amines is 2. The van der Waals surface area contributed by atoms with E-state index in [0.717, 1.165) is 58.6 Å². The number of benzene rings is 2. The summed E-state index contributed by atoms with van der Waals surface area (Å²) in [6, 6.07) is 10.1. The van der Waals surface area contributed by atoms with E-state index in [-0.39, 0.29) is 37.3 Å². The van der Waals surface area contributed by atoms with Crippen molar-refractivity contribution in [3.63, 3.8) is 0 Å². The molecule has 8 N–H and O–H groups in total. The molecule has 4 aromatic rings. The average Bonchev–Trinajstić information content (AvgIpc) is 4.12. The number of nitrogens with two attached hydrogens (primary N) is 1. The monoisotopic (exact) mass is 817 g/mol. The summed E-state index contributed by atoms with van der Waals surface area (Å²) < 4.78 is 0. The second-order valence-corrected chi connectivity index (χ2v) is 17.6. The molecule has 1 spiro atoms. The zero-order chi connectivity index (χ0) is 41.5. The summed E-state index contributed by atoms with van der Waals surface area (Å²) in [7, 11) is 0. The third-order valence-electron chi connectivity index (χ3n) is 14.0. The van der Waals surface area contributed by atoms with Crippen LogP contribution < -0.4 is 27.0 Å². The molecule has 60 heavy (non-hydrogen) atoms. The maximum atomic E-state index is 14.9. The quantitative estimate of drug-likeness (QED) is 0.160. The Balaban J connectivity index is 1.11. The zero-order valence-corrected chi connectivity index (χ0v) is 33.8. The highest BCUT2D eigenvalue weighted by molar-refractivity contribution is 6.00. The van der Waals surface area contributed by atoms with Gasteiger partial charge in [-0.1, -0.05) is 62.1 Å². The molecule has 2 saturated carbocycles. The molecule has 15 nitrogen and oxygen atoms in total. The molecule has 5 fully saturated rings. The molecule has 5 aliphatic rings. The van der Waals surface area contributed by atoms with Gasteiger partial charge in [0, 0.05) is 66.2 Å². The van der Waals surface area contributed by atoms with E-state index in [1.165, 1.54) is 4.90 Å². The lowest BCUT2D eigenvalue weighted by atomic mass is 9.84. The van der Waals surface area contributed by atoms with Crippen LogP contribution in [0.2, 0.25) is 0 Å². The normalized spacial score (nSPS) is 29.1. The van der Waals surface area contributed by atoms with Crippen LogP contribution >= 0.6 is 0 Å². The van der Waals surface area contributed by atoms with Crippen LogP contribution in [-0.4, -0.2) is 110 Å². The molecule has 2 aliphatic carbocycles. The summed E-state index contributed by atoms with van der Waals surface area (Å²) in [5.41, 5.74) is 8.18. The number of nitrogens with zero attached hydrogens (tertiary/aromatic N) is 2. The van der Waals surface area contributed by atoms with Crippen LogP contribution in [0.5, 0.6) is 0 Å². The van der Waals surface area contributed by atoms with Gasteiger partial charge in [-0.05, 0) is 74.1 Å². The van der Waals surface area contributed by atoms with Crippen LogP contribution in [0, 0.1) is 5.92 Å². The topological polar surface area (TPSA) is 215 Å². The molecule has 0 radical (unpaired) electrons. The van der Waals surface area contributed by atoms with Crippen molar-refractivity contribution < 1.29 is 28.8 Å². The Kier molecular flexibility index (Phi) is 10.9. The van der Waals surface area contributed by atoms with Crippen molar-refractivity contribution in [2.45, 2.75) is 125 Å². The third-order valence-corrected chi connectivity index (χ3v) is 14.0. The first-order valence-corrected chi connectivity index (χ1v) is 21.8. The van der Waals surface area contributed by atoms with Crippen LogP contribution in [0.1, 0.15) is 81.8 Å². The molecule has 3 saturated heterocycles. The predicted octanol–water partition coefficient (Wildman–Crippen LogP) is 2.44. The largest absolute Gasteiger partial charge is 0.361 e. The highest BCUT2D eigenvalue weighted by Gasteiger charge is 2.52. The van der Waals surface area contributed by atoms with Gasteiger partial charge in [-0.2, -0.15) is 0 Å². The van der Waals surface area contributed by atoms with E-state index in [0.29, 0.717) is 51.5 Å². The second-order valence-electron chi connectivity index (χ2n) is 17.6. The summed E-state index contributed by atoms with van der Waals surface area (Å²) in [4.78, 5) is 97.8. The third kappa shape index (κ3) is 7.30. The molecular weight excluding hydrogens is 763 g/mol. The van der Waals surface area contributed by atoms with Gasteiger partial charge in [0.25, 0.3) is 0 Å². The number of amides is 6. The van der Waals surface area contributed by atoms with E-state index in [9.17, 15) is 28.8 Å². The van der Waals surface area contributed by atoms with E-state index < -0.39 is 65.3 Å². The van der Waals surface area contributed by atoms with Crippen molar-refractivity contribution in [3.05, 3.63) is 72.1 Å². The lowest BCUT2D eigenvalue weighted by Crippen LogP contribution is -2.65. The highest BCUT2D eigenvalue weighted by Crippen LogP contribution is 2.41. The number of para-hydroxylation sites is 2. The summed E-state index contributed by atoms with van der Waals surface area (Å²) in [5.74, 6) is -2.72. The Morgan fingerprint density at radius 3 is 1.92 bits per heavy atom. The Bertz CT molecular complexity index is 2310. The first-order valence-electron chi connectivity index (χ1n) is 21.8. The first-order chi connectivity index (χ1) is 29.1. The molecular formula is C45H55N9O6.